The van der Waals surface area contributed by atoms with Crippen LogP contribution in [0.25, 0.3) is 0 Å². The van der Waals surface area contributed by atoms with E-state index < -0.39 is 0 Å². The van der Waals surface area contributed by atoms with Gasteiger partial charge in [0.25, 0.3) is 0 Å². The third-order valence-corrected chi connectivity index (χ3v) is 3.47. The van der Waals surface area contributed by atoms with E-state index in [1.807, 2.05) is 13.2 Å². The minimum Gasteiger partial charge on any atom is -0.357 e. The first kappa shape index (κ1) is 11.6. The van der Waals surface area contributed by atoms with Crippen LogP contribution in [0.15, 0.2) is 10.7 Å². The first-order valence-corrected chi connectivity index (χ1v) is 6.45. The number of piperidine rings is 1. The molecule has 0 bridgehead atoms. The second-order valence-electron chi connectivity index (χ2n) is 4.31. The van der Waals surface area contributed by atoms with Crippen LogP contribution in [0.5, 0.6) is 0 Å². The summed E-state index contributed by atoms with van der Waals surface area (Å²) in [7, 11) is 1.84. The molecule has 1 unspecified atom stereocenters. The molecule has 2 heterocycles. The van der Waals surface area contributed by atoms with E-state index in [1.54, 1.807) is 0 Å². The molecule has 1 atom stereocenters. The maximum atomic E-state index is 4.51. The average Bonchev–Trinajstić information content (AvgIpc) is 2.30. The topological polar surface area (TPSA) is 41.1 Å². The Hall–Kier alpha value is -0.840. The molecule has 0 spiro atoms. The van der Waals surface area contributed by atoms with E-state index in [-0.39, 0.29) is 0 Å². The lowest BCUT2D eigenvalue weighted by molar-refractivity contribution is 0.444. The molecule has 1 aromatic rings. The number of nitrogens with one attached hydrogen (secondary N) is 1. The summed E-state index contributed by atoms with van der Waals surface area (Å²) in [6.07, 6.45) is 4.37. The maximum Gasteiger partial charge on any atom is 0.224 e. The number of rotatable bonds is 2. The predicted molar refractivity (Wildman–Crippen MR) is 69.9 cm³/mol. The van der Waals surface area contributed by atoms with Gasteiger partial charge < -0.3 is 10.2 Å². The monoisotopic (exact) mass is 284 g/mol. The molecule has 0 aliphatic carbocycles. The molecule has 1 saturated heterocycles. The van der Waals surface area contributed by atoms with Crippen LogP contribution in [-0.4, -0.2) is 30.1 Å². The van der Waals surface area contributed by atoms with Crippen LogP contribution in [0.2, 0.25) is 0 Å². The number of nitrogens with zero attached hydrogens (tertiary/aromatic N) is 3. The first-order chi connectivity index (χ1) is 7.70. The second-order valence-corrected chi connectivity index (χ2v) is 5.16. The van der Waals surface area contributed by atoms with E-state index in [9.17, 15) is 0 Å². The van der Waals surface area contributed by atoms with Crippen molar-refractivity contribution in [2.75, 3.05) is 30.4 Å². The Morgan fingerprint density at radius 3 is 3.06 bits per heavy atom. The molecular formula is C11H17BrN4. The van der Waals surface area contributed by atoms with Gasteiger partial charge in [0.2, 0.25) is 5.95 Å². The van der Waals surface area contributed by atoms with Crippen molar-refractivity contribution in [2.24, 2.45) is 5.92 Å². The molecule has 4 nitrogen and oxygen atoms in total. The smallest absolute Gasteiger partial charge is 0.224 e. The zero-order valence-corrected chi connectivity index (χ0v) is 11.3. The molecule has 5 heteroatoms. The molecule has 1 fully saturated rings. The fraction of sp³-hybridized carbons (Fsp3) is 0.636. The normalized spacial score (nSPS) is 20.9. The van der Waals surface area contributed by atoms with Gasteiger partial charge in [-0.05, 0) is 34.7 Å². The Kier molecular flexibility index (Phi) is 3.63. The van der Waals surface area contributed by atoms with Crippen molar-refractivity contribution in [1.29, 1.82) is 0 Å². The summed E-state index contributed by atoms with van der Waals surface area (Å²) in [6.45, 7) is 4.46. The van der Waals surface area contributed by atoms with Crippen molar-refractivity contribution in [2.45, 2.75) is 19.8 Å². The quantitative estimate of drug-likeness (QED) is 0.906. The molecule has 0 radical (unpaired) electrons. The lowest BCUT2D eigenvalue weighted by Crippen LogP contribution is -2.35. The van der Waals surface area contributed by atoms with Crippen LogP contribution in [0, 0.1) is 5.92 Å². The van der Waals surface area contributed by atoms with E-state index >= 15 is 0 Å². The van der Waals surface area contributed by atoms with Gasteiger partial charge in [-0.1, -0.05) is 6.92 Å². The Labute approximate surface area is 105 Å². The number of hydrogen-bond acceptors (Lipinski definition) is 4. The van der Waals surface area contributed by atoms with Gasteiger partial charge in [0.15, 0.2) is 0 Å². The van der Waals surface area contributed by atoms with Gasteiger partial charge in [0, 0.05) is 26.3 Å². The van der Waals surface area contributed by atoms with E-state index in [4.69, 9.17) is 0 Å². The first-order valence-electron chi connectivity index (χ1n) is 5.66. The number of hydrogen-bond donors (Lipinski definition) is 1. The number of aromatic nitrogens is 2. The molecule has 88 valence electrons. The second kappa shape index (κ2) is 4.99. The van der Waals surface area contributed by atoms with Crippen LogP contribution in [-0.2, 0) is 0 Å². The lowest BCUT2D eigenvalue weighted by Gasteiger charge is -2.32. The van der Waals surface area contributed by atoms with Crippen LogP contribution >= 0.6 is 15.9 Å². The molecule has 2 rings (SSSR count). The van der Waals surface area contributed by atoms with Crippen LogP contribution < -0.4 is 10.2 Å². The molecular weight excluding hydrogens is 268 g/mol. The Morgan fingerprint density at radius 2 is 2.38 bits per heavy atom. The molecule has 0 amide bonds. The summed E-state index contributed by atoms with van der Waals surface area (Å²) in [5, 5.41) is 2.98. The van der Waals surface area contributed by atoms with Crippen molar-refractivity contribution in [3.63, 3.8) is 0 Å². The average molecular weight is 285 g/mol. The highest BCUT2D eigenvalue weighted by Gasteiger charge is 2.20. The minimum absolute atomic E-state index is 0.677. The number of halogens is 1. The van der Waals surface area contributed by atoms with E-state index in [2.05, 4.69) is 43.0 Å². The summed E-state index contributed by atoms with van der Waals surface area (Å²) in [6, 6.07) is 0. The fourth-order valence-electron chi connectivity index (χ4n) is 2.08. The van der Waals surface area contributed by atoms with E-state index in [1.165, 1.54) is 12.8 Å². The van der Waals surface area contributed by atoms with Gasteiger partial charge in [0.05, 0.1) is 4.47 Å². The zero-order chi connectivity index (χ0) is 11.5. The number of anilines is 2. The summed E-state index contributed by atoms with van der Waals surface area (Å²) >= 11 is 3.52. The van der Waals surface area contributed by atoms with Gasteiger partial charge in [-0.25, -0.2) is 4.98 Å². The largest absolute Gasteiger partial charge is 0.357 e. The van der Waals surface area contributed by atoms with Crippen molar-refractivity contribution < 1.29 is 0 Å². The van der Waals surface area contributed by atoms with E-state index in [0.717, 1.165) is 29.3 Å². The summed E-state index contributed by atoms with van der Waals surface area (Å²) in [5.74, 6) is 2.43. The highest BCUT2D eigenvalue weighted by Crippen LogP contribution is 2.28. The zero-order valence-electron chi connectivity index (χ0n) is 9.70. The van der Waals surface area contributed by atoms with Gasteiger partial charge >= 0.3 is 0 Å². The van der Waals surface area contributed by atoms with Crippen molar-refractivity contribution in [1.82, 2.24) is 9.97 Å². The summed E-state index contributed by atoms with van der Waals surface area (Å²) in [5.41, 5.74) is 0. The highest BCUT2D eigenvalue weighted by atomic mass is 79.9. The van der Waals surface area contributed by atoms with Crippen LogP contribution in [0.1, 0.15) is 19.8 Å². The minimum atomic E-state index is 0.677. The molecule has 1 aromatic heterocycles. The third-order valence-electron chi connectivity index (χ3n) is 2.91. The SMILES string of the molecule is CNc1ncc(Br)c(N2CCCC(C)C2)n1. The lowest BCUT2D eigenvalue weighted by atomic mass is 10.0. The van der Waals surface area contributed by atoms with Gasteiger partial charge in [-0.2, -0.15) is 4.98 Å². The van der Waals surface area contributed by atoms with Crippen LogP contribution in [0.3, 0.4) is 0 Å². The summed E-state index contributed by atoms with van der Waals surface area (Å²) in [4.78, 5) is 11.0. The Bertz CT molecular complexity index is 369. The molecule has 16 heavy (non-hydrogen) atoms. The van der Waals surface area contributed by atoms with E-state index in [0.29, 0.717) is 5.95 Å². The van der Waals surface area contributed by atoms with Gasteiger partial charge in [-0.15, -0.1) is 0 Å². The van der Waals surface area contributed by atoms with Crippen molar-refractivity contribution in [3.05, 3.63) is 10.7 Å². The molecule has 0 saturated carbocycles. The summed E-state index contributed by atoms with van der Waals surface area (Å²) < 4.78 is 0.973. The molecule has 0 aromatic carbocycles. The maximum absolute atomic E-state index is 4.51. The van der Waals surface area contributed by atoms with Crippen LogP contribution in [0.4, 0.5) is 11.8 Å². The van der Waals surface area contributed by atoms with Crippen molar-refractivity contribution in [3.8, 4) is 0 Å². The molecule has 1 aliphatic heterocycles. The van der Waals surface area contributed by atoms with Gasteiger partial charge in [0.1, 0.15) is 5.82 Å². The van der Waals surface area contributed by atoms with Crippen molar-refractivity contribution >= 4 is 27.7 Å². The van der Waals surface area contributed by atoms with Gasteiger partial charge in [-0.3, -0.25) is 0 Å². The molecule has 1 aliphatic rings. The third kappa shape index (κ3) is 2.45. The predicted octanol–water partition coefficient (Wildman–Crippen LogP) is 2.52. The molecule has 1 N–H and O–H groups in total. The standard InChI is InChI=1S/C11H17BrN4/c1-8-4-3-5-16(7-8)10-9(12)6-14-11(13-2)15-10/h6,8H,3-5,7H2,1-2H3,(H,13,14,15). The highest BCUT2D eigenvalue weighted by molar-refractivity contribution is 9.10. The Balaban J connectivity index is 2.24. The Morgan fingerprint density at radius 1 is 1.56 bits per heavy atom. The fourth-order valence-corrected chi connectivity index (χ4v) is 2.52.